The average Bonchev–Trinajstić information content (AvgIpc) is 2.54. The number of nitrogens with two attached hydrogens (primary N) is 1. The van der Waals surface area contributed by atoms with Crippen molar-refractivity contribution in [3.05, 3.63) is 29.3 Å². The van der Waals surface area contributed by atoms with E-state index < -0.39 is 0 Å². The zero-order valence-electron chi connectivity index (χ0n) is 13.0. The van der Waals surface area contributed by atoms with Gasteiger partial charge in [-0.05, 0) is 44.2 Å². The zero-order chi connectivity index (χ0) is 14.9. The molecule has 1 aliphatic carbocycles. The summed E-state index contributed by atoms with van der Waals surface area (Å²) in [6.45, 7) is 3.45. The number of nitrogens with zero attached hydrogens (tertiary/aromatic N) is 1. The lowest BCUT2D eigenvalue weighted by Crippen LogP contribution is -2.50. The first-order valence-corrected chi connectivity index (χ1v) is 8.28. The number of hydrogen-bond acceptors (Lipinski definition) is 2. The van der Waals surface area contributed by atoms with Crippen LogP contribution < -0.4 is 10.6 Å². The zero-order valence-corrected chi connectivity index (χ0v) is 13.0. The van der Waals surface area contributed by atoms with E-state index >= 15 is 0 Å². The van der Waals surface area contributed by atoms with Gasteiger partial charge in [-0.1, -0.05) is 37.0 Å². The molecule has 1 amide bonds. The number of amides is 1. The van der Waals surface area contributed by atoms with Crippen LogP contribution in [0.4, 0.5) is 5.69 Å². The fourth-order valence-electron chi connectivity index (χ4n) is 3.96. The van der Waals surface area contributed by atoms with Crippen LogP contribution in [-0.2, 0) is 11.2 Å². The normalized spacial score (nSPS) is 21.0. The summed E-state index contributed by atoms with van der Waals surface area (Å²) in [5.41, 5.74) is 9.44. The molecule has 3 heteroatoms. The lowest BCUT2D eigenvalue weighted by Gasteiger charge is -2.41. The highest BCUT2D eigenvalue weighted by Crippen LogP contribution is 2.40. The summed E-state index contributed by atoms with van der Waals surface area (Å²) in [7, 11) is 0. The molecule has 0 spiro atoms. The molecule has 0 atom stereocenters. The van der Waals surface area contributed by atoms with Gasteiger partial charge in [-0.3, -0.25) is 4.79 Å². The first-order valence-electron chi connectivity index (χ1n) is 8.28. The highest BCUT2D eigenvalue weighted by Gasteiger charge is 2.42. The molecule has 0 saturated heterocycles. The quantitative estimate of drug-likeness (QED) is 0.907. The summed E-state index contributed by atoms with van der Waals surface area (Å²) in [4.78, 5) is 15.2. The second-order valence-electron chi connectivity index (χ2n) is 6.74. The number of benzene rings is 1. The molecule has 114 valence electrons. The topological polar surface area (TPSA) is 46.3 Å². The Morgan fingerprint density at radius 3 is 2.71 bits per heavy atom. The highest BCUT2D eigenvalue weighted by atomic mass is 16.2. The largest absolute Gasteiger partial charge is 0.329 e. The van der Waals surface area contributed by atoms with E-state index in [1.807, 2.05) is 4.90 Å². The first-order chi connectivity index (χ1) is 10.2. The van der Waals surface area contributed by atoms with E-state index in [1.54, 1.807) is 0 Å². The first kappa shape index (κ1) is 14.6. The number of carbonyl (C=O) groups is 1. The third-order valence-electron chi connectivity index (χ3n) is 5.25. The van der Waals surface area contributed by atoms with Crippen molar-refractivity contribution in [2.75, 3.05) is 18.0 Å². The fourth-order valence-corrected chi connectivity index (χ4v) is 3.96. The molecule has 1 saturated carbocycles. The van der Waals surface area contributed by atoms with E-state index in [0.717, 1.165) is 50.8 Å². The highest BCUT2D eigenvalue weighted by molar-refractivity contribution is 5.99. The summed E-state index contributed by atoms with van der Waals surface area (Å²) in [6.07, 6.45) is 7.57. The summed E-state index contributed by atoms with van der Waals surface area (Å²) in [6, 6.07) is 6.46. The van der Waals surface area contributed by atoms with Crippen LogP contribution in [-0.4, -0.2) is 19.0 Å². The number of rotatable bonds is 2. The van der Waals surface area contributed by atoms with E-state index in [2.05, 4.69) is 25.1 Å². The van der Waals surface area contributed by atoms with Gasteiger partial charge < -0.3 is 10.6 Å². The Labute approximate surface area is 127 Å². The second-order valence-corrected chi connectivity index (χ2v) is 6.74. The number of hydrogen-bond donors (Lipinski definition) is 1. The van der Waals surface area contributed by atoms with Crippen molar-refractivity contribution >= 4 is 11.6 Å². The van der Waals surface area contributed by atoms with Crippen molar-refractivity contribution in [3.63, 3.8) is 0 Å². The van der Waals surface area contributed by atoms with Crippen molar-refractivity contribution in [1.82, 2.24) is 0 Å². The molecule has 1 aliphatic heterocycles. The van der Waals surface area contributed by atoms with Gasteiger partial charge in [-0.2, -0.15) is 0 Å². The van der Waals surface area contributed by atoms with E-state index in [4.69, 9.17) is 5.73 Å². The fraction of sp³-hybridized carbons (Fsp3) is 0.611. The molecule has 2 N–H and O–H groups in total. The van der Waals surface area contributed by atoms with E-state index in [1.165, 1.54) is 17.5 Å². The van der Waals surface area contributed by atoms with Gasteiger partial charge in [0.2, 0.25) is 5.91 Å². The van der Waals surface area contributed by atoms with Gasteiger partial charge in [0.15, 0.2) is 0 Å². The minimum absolute atomic E-state index is 0.273. The average molecular weight is 286 g/mol. The molecule has 1 aromatic rings. The van der Waals surface area contributed by atoms with Crippen molar-refractivity contribution in [2.24, 2.45) is 11.1 Å². The lowest BCUT2D eigenvalue weighted by atomic mass is 9.72. The van der Waals surface area contributed by atoms with Gasteiger partial charge in [0, 0.05) is 18.8 Å². The lowest BCUT2D eigenvalue weighted by molar-refractivity contribution is -0.129. The predicted molar refractivity (Wildman–Crippen MR) is 86.4 cm³/mol. The van der Waals surface area contributed by atoms with Crippen LogP contribution in [0.5, 0.6) is 0 Å². The van der Waals surface area contributed by atoms with Gasteiger partial charge in [-0.25, -0.2) is 0 Å². The second kappa shape index (κ2) is 5.80. The molecule has 1 heterocycles. The number of fused-ring (bicyclic) bond motifs is 1. The minimum atomic E-state index is -0.308. The smallest absolute Gasteiger partial charge is 0.234 e. The van der Waals surface area contributed by atoms with Crippen LogP contribution in [0.1, 0.15) is 49.7 Å². The SMILES string of the molecule is Cc1ccc2c(c1)CCCN2C(=O)C1(CN)CCCCC1. The molecule has 1 aromatic carbocycles. The van der Waals surface area contributed by atoms with Crippen molar-refractivity contribution < 1.29 is 4.79 Å². The third kappa shape index (κ3) is 2.59. The molecule has 2 aliphatic rings. The third-order valence-corrected chi connectivity index (χ3v) is 5.25. The van der Waals surface area contributed by atoms with Crippen LogP contribution in [0, 0.1) is 12.3 Å². The van der Waals surface area contributed by atoms with Crippen LogP contribution in [0.25, 0.3) is 0 Å². The molecule has 0 aromatic heterocycles. The number of anilines is 1. The summed E-state index contributed by atoms with van der Waals surface area (Å²) in [5, 5.41) is 0. The van der Waals surface area contributed by atoms with Crippen LogP contribution in [0.15, 0.2) is 18.2 Å². The van der Waals surface area contributed by atoms with Crippen LogP contribution >= 0.6 is 0 Å². The van der Waals surface area contributed by atoms with Gasteiger partial charge in [0.25, 0.3) is 0 Å². The van der Waals surface area contributed by atoms with Crippen molar-refractivity contribution in [2.45, 2.75) is 51.9 Å². The van der Waals surface area contributed by atoms with Gasteiger partial charge in [0.05, 0.1) is 5.41 Å². The molecule has 0 radical (unpaired) electrons. The number of aryl methyl sites for hydroxylation is 2. The summed E-state index contributed by atoms with van der Waals surface area (Å²) >= 11 is 0. The summed E-state index contributed by atoms with van der Waals surface area (Å²) < 4.78 is 0. The minimum Gasteiger partial charge on any atom is -0.329 e. The maximum absolute atomic E-state index is 13.2. The van der Waals surface area contributed by atoms with Crippen LogP contribution in [0.3, 0.4) is 0 Å². The van der Waals surface area contributed by atoms with E-state index in [-0.39, 0.29) is 11.3 Å². The molecule has 3 nitrogen and oxygen atoms in total. The molecule has 1 fully saturated rings. The molecular formula is C18H26N2O. The maximum atomic E-state index is 13.2. The maximum Gasteiger partial charge on any atom is 0.234 e. The number of carbonyl (C=O) groups excluding carboxylic acids is 1. The Bertz CT molecular complexity index is 532. The monoisotopic (exact) mass is 286 g/mol. The van der Waals surface area contributed by atoms with Crippen LogP contribution in [0.2, 0.25) is 0 Å². The van der Waals surface area contributed by atoms with E-state index in [9.17, 15) is 4.79 Å². The van der Waals surface area contributed by atoms with Gasteiger partial charge in [0.1, 0.15) is 0 Å². The van der Waals surface area contributed by atoms with Gasteiger partial charge in [-0.15, -0.1) is 0 Å². The Morgan fingerprint density at radius 1 is 1.24 bits per heavy atom. The Kier molecular flexibility index (Phi) is 4.03. The predicted octanol–water partition coefficient (Wildman–Crippen LogP) is 3.18. The molecule has 0 unspecified atom stereocenters. The van der Waals surface area contributed by atoms with Crippen molar-refractivity contribution in [1.29, 1.82) is 0 Å². The Hall–Kier alpha value is -1.35. The standard InChI is InChI=1S/C18H26N2O/c1-14-7-8-16-15(12-14)6-5-11-20(16)17(21)18(13-19)9-3-2-4-10-18/h7-8,12H,2-6,9-11,13,19H2,1H3. The van der Waals surface area contributed by atoms with Crippen molar-refractivity contribution in [3.8, 4) is 0 Å². The Morgan fingerprint density at radius 2 is 2.00 bits per heavy atom. The summed E-state index contributed by atoms with van der Waals surface area (Å²) in [5.74, 6) is 0.273. The molecule has 0 bridgehead atoms. The van der Waals surface area contributed by atoms with Gasteiger partial charge >= 0.3 is 0 Å². The van der Waals surface area contributed by atoms with E-state index in [0.29, 0.717) is 6.54 Å². The molecule has 21 heavy (non-hydrogen) atoms. The Balaban J connectivity index is 1.92. The molecular weight excluding hydrogens is 260 g/mol. The molecule has 3 rings (SSSR count).